The first-order chi connectivity index (χ1) is 10.8. The molecule has 0 spiro atoms. The average Bonchev–Trinajstić information content (AvgIpc) is 2.89. The highest BCUT2D eigenvalue weighted by Crippen LogP contribution is 2.14. The second-order valence-electron chi connectivity index (χ2n) is 5.58. The lowest BCUT2D eigenvalue weighted by molar-refractivity contribution is 0.664. The minimum absolute atomic E-state index is 0.841. The van der Waals surface area contributed by atoms with E-state index >= 15 is 0 Å². The summed E-state index contributed by atoms with van der Waals surface area (Å²) in [4.78, 5) is 8.87. The SMILES string of the molecule is CCc1nc2ccc(C)cn2c1CNCCc1cccnc1. The molecule has 3 aromatic rings. The standard InChI is InChI=1S/C18H22N4/c1-3-16-17(22-13-14(2)6-7-18(22)21-16)12-20-10-8-15-5-4-9-19-11-15/h4-7,9,11,13,20H,3,8,10,12H2,1-2H3. The number of nitrogens with one attached hydrogen (secondary N) is 1. The van der Waals surface area contributed by atoms with Crippen molar-refractivity contribution in [1.29, 1.82) is 0 Å². The molecule has 0 aromatic carbocycles. The van der Waals surface area contributed by atoms with Crippen LogP contribution < -0.4 is 5.32 Å². The fourth-order valence-corrected chi connectivity index (χ4v) is 2.70. The number of pyridine rings is 2. The summed E-state index contributed by atoms with van der Waals surface area (Å²) in [7, 11) is 0. The summed E-state index contributed by atoms with van der Waals surface area (Å²) in [5.74, 6) is 0. The lowest BCUT2D eigenvalue weighted by Gasteiger charge is -2.07. The van der Waals surface area contributed by atoms with Crippen LogP contribution in [-0.4, -0.2) is 20.9 Å². The highest BCUT2D eigenvalue weighted by Gasteiger charge is 2.10. The summed E-state index contributed by atoms with van der Waals surface area (Å²) in [6, 6.07) is 8.30. The molecule has 114 valence electrons. The molecule has 3 rings (SSSR count). The van der Waals surface area contributed by atoms with Crippen LogP contribution >= 0.6 is 0 Å². The minimum Gasteiger partial charge on any atom is -0.311 e. The molecule has 4 heteroatoms. The normalized spacial score (nSPS) is 11.2. The third-order valence-electron chi connectivity index (χ3n) is 3.89. The Balaban J connectivity index is 1.69. The first-order valence-corrected chi connectivity index (χ1v) is 7.84. The second kappa shape index (κ2) is 6.71. The largest absolute Gasteiger partial charge is 0.311 e. The molecule has 0 aliphatic heterocycles. The van der Waals surface area contributed by atoms with Gasteiger partial charge in [-0.3, -0.25) is 4.98 Å². The lowest BCUT2D eigenvalue weighted by atomic mass is 10.2. The fourth-order valence-electron chi connectivity index (χ4n) is 2.70. The van der Waals surface area contributed by atoms with Gasteiger partial charge in [0.05, 0.1) is 11.4 Å². The molecule has 0 unspecified atom stereocenters. The number of hydrogen-bond donors (Lipinski definition) is 1. The van der Waals surface area contributed by atoms with Crippen molar-refractivity contribution in [1.82, 2.24) is 19.7 Å². The molecule has 0 saturated carbocycles. The van der Waals surface area contributed by atoms with Crippen molar-refractivity contribution in [2.24, 2.45) is 0 Å². The van der Waals surface area contributed by atoms with E-state index in [4.69, 9.17) is 4.98 Å². The van der Waals surface area contributed by atoms with Gasteiger partial charge in [0.2, 0.25) is 0 Å². The number of aryl methyl sites for hydroxylation is 2. The van der Waals surface area contributed by atoms with E-state index in [-0.39, 0.29) is 0 Å². The summed E-state index contributed by atoms with van der Waals surface area (Å²) < 4.78 is 2.21. The maximum Gasteiger partial charge on any atom is 0.137 e. The second-order valence-corrected chi connectivity index (χ2v) is 5.58. The molecule has 0 aliphatic rings. The van der Waals surface area contributed by atoms with Crippen molar-refractivity contribution in [2.75, 3.05) is 6.54 Å². The maximum atomic E-state index is 4.72. The van der Waals surface area contributed by atoms with Crippen LogP contribution in [0.25, 0.3) is 5.65 Å². The molecule has 4 nitrogen and oxygen atoms in total. The van der Waals surface area contributed by atoms with Gasteiger partial charge in [-0.1, -0.05) is 19.1 Å². The van der Waals surface area contributed by atoms with Gasteiger partial charge in [-0.2, -0.15) is 0 Å². The van der Waals surface area contributed by atoms with Gasteiger partial charge in [-0.15, -0.1) is 0 Å². The average molecular weight is 294 g/mol. The monoisotopic (exact) mass is 294 g/mol. The molecule has 22 heavy (non-hydrogen) atoms. The summed E-state index contributed by atoms with van der Waals surface area (Å²) >= 11 is 0. The van der Waals surface area contributed by atoms with Crippen LogP contribution in [0.2, 0.25) is 0 Å². The van der Waals surface area contributed by atoms with E-state index in [1.54, 1.807) is 0 Å². The molecular weight excluding hydrogens is 272 g/mol. The van der Waals surface area contributed by atoms with Gasteiger partial charge in [0.25, 0.3) is 0 Å². The predicted octanol–water partition coefficient (Wildman–Crippen LogP) is 2.93. The zero-order chi connectivity index (χ0) is 15.4. The Bertz CT molecular complexity index is 746. The van der Waals surface area contributed by atoms with E-state index in [0.717, 1.165) is 31.6 Å². The number of imidazole rings is 1. The van der Waals surface area contributed by atoms with Gasteiger partial charge in [0, 0.05) is 25.1 Å². The summed E-state index contributed by atoms with van der Waals surface area (Å²) in [6.45, 7) is 6.06. The molecule has 3 heterocycles. The first-order valence-electron chi connectivity index (χ1n) is 7.84. The highest BCUT2D eigenvalue weighted by molar-refractivity contribution is 5.44. The lowest BCUT2D eigenvalue weighted by Crippen LogP contribution is -2.18. The highest BCUT2D eigenvalue weighted by atomic mass is 15.0. The van der Waals surface area contributed by atoms with Crippen molar-refractivity contribution < 1.29 is 0 Å². The quantitative estimate of drug-likeness (QED) is 0.711. The summed E-state index contributed by atoms with van der Waals surface area (Å²) in [5, 5.41) is 3.53. The van der Waals surface area contributed by atoms with Crippen LogP contribution in [0.3, 0.4) is 0 Å². The third-order valence-corrected chi connectivity index (χ3v) is 3.89. The van der Waals surface area contributed by atoms with E-state index in [1.807, 2.05) is 18.5 Å². The number of aromatic nitrogens is 3. The van der Waals surface area contributed by atoms with Gasteiger partial charge in [0.1, 0.15) is 5.65 Å². The van der Waals surface area contributed by atoms with Crippen LogP contribution in [0.5, 0.6) is 0 Å². The molecule has 0 fully saturated rings. The van der Waals surface area contributed by atoms with Gasteiger partial charge >= 0.3 is 0 Å². The Morgan fingerprint density at radius 1 is 1.23 bits per heavy atom. The molecule has 0 aliphatic carbocycles. The minimum atomic E-state index is 0.841. The molecule has 0 bridgehead atoms. The number of rotatable bonds is 6. The van der Waals surface area contributed by atoms with Crippen LogP contribution in [0.4, 0.5) is 0 Å². The molecule has 0 amide bonds. The van der Waals surface area contributed by atoms with E-state index in [1.165, 1.54) is 22.5 Å². The number of nitrogens with zero attached hydrogens (tertiary/aromatic N) is 3. The van der Waals surface area contributed by atoms with Gasteiger partial charge < -0.3 is 9.72 Å². The van der Waals surface area contributed by atoms with Crippen LogP contribution in [0.1, 0.15) is 29.4 Å². The van der Waals surface area contributed by atoms with E-state index in [2.05, 4.69) is 52.9 Å². The zero-order valence-electron chi connectivity index (χ0n) is 13.2. The molecular formula is C18H22N4. The van der Waals surface area contributed by atoms with Crippen molar-refractivity contribution in [3.8, 4) is 0 Å². The van der Waals surface area contributed by atoms with Gasteiger partial charge in [0.15, 0.2) is 0 Å². The molecule has 0 saturated heterocycles. The Kier molecular flexibility index (Phi) is 4.49. The number of fused-ring (bicyclic) bond motifs is 1. The van der Waals surface area contributed by atoms with Crippen LogP contribution in [-0.2, 0) is 19.4 Å². The van der Waals surface area contributed by atoms with Crippen molar-refractivity contribution in [3.63, 3.8) is 0 Å². The Hall–Kier alpha value is -2.20. The third kappa shape index (κ3) is 3.17. The Morgan fingerprint density at radius 2 is 2.14 bits per heavy atom. The predicted molar refractivity (Wildman–Crippen MR) is 89.0 cm³/mol. The van der Waals surface area contributed by atoms with Crippen molar-refractivity contribution in [3.05, 3.63) is 65.4 Å². The van der Waals surface area contributed by atoms with Gasteiger partial charge in [-0.25, -0.2) is 4.98 Å². The van der Waals surface area contributed by atoms with Crippen molar-refractivity contribution >= 4 is 5.65 Å². The molecule has 1 N–H and O–H groups in total. The van der Waals surface area contributed by atoms with Gasteiger partial charge in [-0.05, 0) is 49.6 Å². The summed E-state index contributed by atoms with van der Waals surface area (Å²) in [6.07, 6.45) is 7.85. The van der Waals surface area contributed by atoms with E-state index in [0.29, 0.717) is 0 Å². The Morgan fingerprint density at radius 3 is 2.91 bits per heavy atom. The maximum absolute atomic E-state index is 4.72. The zero-order valence-corrected chi connectivity index (χ0v) is 13.2. The Labute approximate surface area is 131 Å². The van der Waals surface area contributed by atoms with E-state index < -0.39 is 0 Å². The number of hydrogen-bond acceptors (Lipinski definition) is 3. The smallest absolute Gasteiger partial charge is 0.137 e. The van der Waals surface area contributed by atoms with Crippen LogP contribution in [0, 0.1) is 6.92 Å². The molecule has 0 radical (unpaired) electrons. The molecule has 0 atom stereocenters. The summed E-state index contributed by atoms with van der Waals surface area (Å²) in [5.41, 5.74) is 6.00. The van der Waals surface area contributed by atoms with E-state index in [9.17, 15) is 0 Å². The first kappa shape index (κ1) is 14.7. The van der Waals surface area contributed by atoms with Crippen molar-refractivity contribution in [2.45, 2.75) is 33.2 Å². The topological polar surface area (TPSA) is 42.2 Å². The van der Waals surface area contributed by atoms with Crippen LogP contribution in [0.15, 0.2) is 42.9 Å². The molecule has 3 aromatic heterocycles. The fraction of sp³-hybridized carbons (Fsp3) is 0.333.